The van der Waals surface area contributed by atoms with E-state index in [0.29, 0.717) is 24.2 Å². The summed E-state index contributed by atoms with van der Waals surface area (Å²) >= 11 is 1.44. The minimum absolute atomic E-state index is 0.0367. The highest BCUT2D eigenvalue weighted by Crippen LogP contribution is 2.20. The summed E-state index contributed by atoms with van der Waals surface area (Å²) in [5.41, 5.74) is 3.30. The van der Waals surface area contributed by atoms with E-state index in [1.807, 2.05) is 30.3 Å². The lowest BCUT2D eigenvalue weighted by Gasteiger charge is -2.09. The van der Waals surface area contributed by atoms with Gasteiger partial charge < -0.3 is 4.74 Å². The summed E-state index contributed by atoms with van der Waals surface area (Å²) in [4.78, 5) is 17.6. The molecule has 5 heteroatoms. The average Bonchev–Trinajstić information content (AvgIpc) is 3.19. The molecule has 0 unspecified atom stereocenters. The van der Waals surface area contributed by atoms with Gasteiger partial charge in [0.25, 0.3) is 5.56 Å². The first kappa shape index (κ1) is 15.8. The van der Waals surface area contributed by atoms with Crippen LogP contribution >= 0.6 is 11.3 Å². The van der Waals surface area contributed by atoms with Gasteiger partial charge in [0.1, 0.15) is 12.4 Å². The van der Waals surface area contributed by atoms with Crippen molar-refractivity contribution in [1.29, 1.82) is 0 Å². The zero-order chi connectivity index (χ0) is 17.2. The molecule has 1 aromatic heterocycles. The number of aryl methyl sites for hydroxylation is 1. The van der Waals surface area contributed by atoms with Crippen LogP contribution in [0.2, 0.25) is 0 Å². The number of hydrogen-bond acceptors (Lipinski definition) is 4. The third-order valence-electron chi connectivity index (χ3n) is 4.18. The van der Waals surface area contributed by atoms with Crippen LogP contribution in [-0.4, -0.2) is 11.1 Å². The first-order valence-electron chi connectivity index (χ1n) is 8.24. The van der Waals surface area contributed by atoms with E-state index in [-0.39, 0.29) is 5.56 Å². The Morgan fingerprint density at radius 2 is 2.00 bits per heavy atom. The van der Waals surface area contributed by atoms with Crippen molar-refractivity contribution in [3.63, 3.8) is 0 Å². The number of rotatable bonds is 4. The van der Waals surface area contributed by atoms with E-state index in [4.69, 9.17) is 4.74 Å². The Morgan fingerprint density at radius 1 is 1.20 bits per heavy atom. The van der Waals surface area contributed by atoms with E-state index in [1.54, 1.807) is 4.57 Å². The molecule has 1 aliphatic heterocycles. The summed E-state index contributed by atoms with van der Waals surface area (Å²) in [6.45, 7) is 3.96. The quantitative estimate of drug-likeness (QED) is 0.724. The van der Waals surface area contributed by atoms with Gasteiger partial charge in [-0.2, -0.15) is 0 Å². The van der Waals surface area contributed by atoms with Gasteiger partial charge in [-0.05, 0) is 24.6 Å². The third-order valence-corrected chi connectivity index (χ3v) is 5.22. The van der Waals surface area contributed by atoms with Crippen molar-refractivity contribution in [3.05, 3.63) is 84.9 Å². The van der Waals surface area contributed by atoms with Gasteiger partial charge in [-0.25, -0.2) is 0 Å². The van der Waals surface area contributed by atoms with Crippen LogP contribution in [0, 0.1) is 6.92 Å². The van der Waals surface area contributed by atoms with Gasteiger partial charge in [-0.1, -0.05) is 59.4 Å². The average molecular weight is 350 g/mol. The number of hydrogen-bond donors (Lipinski definition) is 0. The second kappa shape index (κ2) is 6.69. The summed E-state index contributed by atoms with van der Waals surface area (Å²) < 4.78 is 8.43. The normalized spacial score (nSPS) is 13.6. The Morgan fingerprint density at radius 3 is 2.80 bits per heavy atom. The monoisotopic (exact) mass is 350 g/mol. The van der Waals surface area contributed by atoms with Gasteiger partial charge in [0.2, 0.25) is 0 Å². The third kappa shape index (κ3) is 3.28. The molecule has 25 heavy (non-hydrogen) atoms. The van der Waals surface area contributed by atoms with Crippen LogP contribution < -0.4 is 19.6 Å². The number of aromatic nitrogens is 1. The van der Waals surface area contributed by atoms with Crippen LogP contribution in [0.5, 0.6) is 5.75 Å². The Bertz CT molecular complexity index is 1080. The van der Waals surface area contributed by atoms with Crippen molar-refractivity contribution in [1.82, 2.24) is 4.57 Å². The number of ether oxygens (including phenoxy) is 1. The van der Waals surface area contributed by atoms with Gasteiger partial charge in [0, 0.05) is 12.1 Å². The molecule has 4 nitrogen and oxygen atoms in total. The molecule has 0 radical (unpaired) electrons. The predicted octanol–water partition coefficient (Wildman–Crippen LogP) is 2.26. The smallest absolute Gasteiger partial charge is 0.270 e. The summed E-state index contributed by atoms with van der Waals surface area (Å²) in [7, 11) is 0. The molecule has 0 saturated carbocycles. The van der Waals surface area contributed by atoms with E-state index < -0.39 is 0 Å². The molecule has 0 fully saturated rings. The maximum atomic E-state index is 12.4. The highest BCUT2D eigenvalue weighted by atomic mass is 32.1. The molecule has 0 atom stereocenters. The zero-order valence-electron chi connectivity index (χ0n) is 13.9. The summed E-state index contributed by atoms with van der Waals surface area (Å²) in [6, 6.07) is 16.1. The second-order valence-corrected chi connectivity index (χ2v) is 7.05. The van der Waals surface area contributed by atoms with E-state index in [1.165, 1.54) is 16.9 Å². The van der Waals surface area contributed by atoms with Crippen molar-refractivity contribution in [3.8, 4) is 5.75 Å². The predicted molar refractivity (Wildman–Crippen MR) is 99.7 cm³/mol. The van der Waals surface area contributed by atoms with E-state index in [2.05, 4.69) is 36.2 Å². The van der Waals surface area contributed by atoms with Crippen molar-refractivity contribution in [2.45, 2.75) is 20.1 Å². The molecule has 0 aliphatic carbocycles. The fraction of sp³-hybridized carbons (Fsp3) is 0.200. The lowest BCUT2D eigenvalue weighted by Crippen LogP contribution is -2.29. The lowest BCUT2D eigenvalue weighted by atomic mass is 10.1. The molecule has 126 valence electrons. The maximum Gasteiger partial charge on any atom is 0.270 e. The fourth-order valence-corrected chi connectivity index (χ4v) is 3.81. The number of thiazole rings is 1. The molecular weight excluding hydrogens is 332 g/mol. The van der Waals surface area contributed by atoms with Gasteiger partial charge in [0.05, 0.1) is 11.1 Å². The molecule has 0 spiro atoms. The summed E-state index contributed by atoms with van der Waals surface area (Å²) in [5, 5.41) is 0. The van der Waals surface area contributed by atoms with Gasteiger partial charge in [-0.15, -0.1) is 0 Å². The largest absolute Gasteiger partial charge is 0.488 e. The fourth-order valence-electron chi connectivity index (χ4n) is 2.79. The van der Waals surface area contributed by atoms with Crippen LogP contribution in [0.15, 0.2) is 58.3 Å². The van der Waals surface area contributed by atoms with Crippen molar-refractivity contribution in [2.24, 2.45) is 4.99 Å². The van der Waals surface area contributed by atoms with Crippen molar-refractivity contribution in [2.75, 3.05) is 6.54 Å². The maximum absolute atomic E-state index is 12.4. The molecule has 2 heterocycles. The Labute approximate surface area is 149 Å². The first-order chi connectivity index (χ1) is 12.2. The number of nitrogens with zero attached hydrogens (tertiary/aromatic N) is 2. The highest BCUT2D eigenvalue weighted by Gasteiger charge is 2.10. The SMILES string of the molecule is Cc1ccc(COc2ccccc2/C=c2\sc3n(c2=O)CCN=3)cc1. The topological polar surface area (TPSA) is 43.6 Å². The van der Waals surface area contributed by atoms with Crippen LogP contribution in [0.4, 0.5) is 0 Å². The van der Waals surface area contributed by atoms with Crippen LogP contribution in [0.3, 0.4) is 0 Å². The molecular formula is C20H18N2O2S. The Balaban J connectivity index is 1.64. The lowest BCUT2D eigenvalue weighted by molar-refractivity contribution is 0.305. The molecule has 0 saturated heterocycles. The molecule has 1 aliphatic rings. The van der Waals surface area contributed by atoms with Crippen molar-refractivity contribution < 1.29 is 4.74 Å². The number of benzene rings is 2. The number of fused-ring (bicyclic) bond motifs is 1. The van der Waals surface area contributed by atoms with E-state index in [9.17, 15) is 4.79 Å². The van der Waals surface area contributed by atoms with Gasteiger partial charge in [0.15, 0.2) is 4.80 Å². The van der Waals surface area contributed by atoms with Gasteiger partial charge >= 0.3 is 0 Å². The Kier molecular flexibility index (Phi) is 4.24. The van der Waals surface area contributed by atoms with E-state index in [0.717, 1.165) is 21.7 Å². The van der Waals surface area contributed by atoms with Gasteiger partial charge in [-0.3, -0.25) is 14.4 Å². The molecule has 0 amide bonds. The molecule has 4 rings (SSSR count). The summed E-state index contributed by atoms with van der Waals surface area (Å²) in [5.74, 6) is 0.776. The summed E-state index contributed by atoms with van der Waals surface area (Å²) in [6.07, 6.45) is 1.90. The molecule has 2 aromatic carbocycles. The standard InChI is InChI=1S/C20H18N2O2S/c1-14-6-8-15(9-7-14)13-24-17-5-3-2-4-16(17)12-18-19(23)22-11-10-21-20(22)25-18/h2-9,12H,10-11,13H2,1H3/b18-12-. The second-order valence-electron chi connectivity index (χ2n) is 6.04. The molecule has 3 aromatic rings. The molecule has 0 bridgehead atoms. The zero-order valence-corrected chi connectivity index (χ0v) is 14.8. The van der Waals surface area contributed by atoms with Crippen LogP contribution in [0.25, 0.3) is 6.08 Å². The number of para-hydroxylation sites is 1. The molecule has 0 N–H and O–H groups in total. The minimum atomic E-state index is 0.0367. The van der Waals surface area contributed by atoms with Crippen LogP contribution in [-0.2, 0) is 13.2 Å². The highest BCUT2D eigenvalue weighted by molar-refractivity contribution is 7.07. The Hall–Kier alpha value is -2.66. The van der Waals surface area contributed by atoms with E-state index >= 15 is 0 Å². The first-order valence-corrected chi connectivity index (χ1v) is 9.05. The minimum Gasteiger partial charge on any atom is -0.488 e. The van der Waals surface area contributed by atoms with Crippen molar-refractivity contribution >= 4 is 17.4 Å². The van der Waals surface area contributed by atoms with Crippen LogP contribution in [0.1, 0.15) is 16.7 Å².